The van der Waals surface area contributed by atoms with E-state index in [-0.39, 0.29) is 19.1 Å². The number of rotatable bonds is 8. The van der Waals surface area contributed by atoms with Gasteiger partial charge >= 0.3 is 17.8 Å². The number of carbonyl (C=O) groups is 3. The molecule has 0 radical (unpaired) electrons. The van der Waals surface area contributed by atoms with E-state index in [2.05, 4.69) is 5.10 Å². The first-order chi connectivity index (χ1) is 14.6. The molecule has 1 aromatic carbocycles. The molecule has 0 unspecified atom stereocenters. The molecule has 0 atom stereocenters. The number of nitrogens with zero attached hydrogens (tertiary/aromatic N) is 5. The van der Waals surface area contributed by atoms with Crippen LogP contribution in [0.15, 0.2) is 24.3 Å². The number of aryl methyl sites for hydroxylation is 1. The summed E-state index contributed by atoms with van der Waals surface area (Å²) >= 11 is 6.28. The van der Waals surface area contributed by atoms with E-state index in [1.807, 2.05) is 61.5 Å². The maximum Gasteiger partial charge on any atom is 0.335 e. The third-order valence-electron chi connectivity index (χ3n) is 5.30. The summed E-state index contributed by atoms with van der Waals surface area (Å²) in [5.74, 6) is -1.44. The number of hydrogen-bond acceptors (Lipinski definition) is 5. The Labute approximate surface area is 187 Å². The maximum atomic E-state index is 12.6. The molecule has 3 rings (SSSR count). The molecule has 0 spiro atoms. The SMILES string of the molecule is Cc1nn(Cc2ccccc2Cl)c(C)c1CN(C)CN1C(=O)C(=O)N(CC(C)C)C1=O. The first kappa shape index (κ1) is 23.0. The zero-order chi connectivity index (χ0) is 22.9. The summed E-state index contributed by atoms with van der Waals surface area (Å²) in [6.45, 7) is 9.01. The molecule has 1 aromatic heterocycles. The van der Waals surface area contributed by atoms with Gasteiger partial charge in [0.2, 0.25) is 0 Å². The Balaban J connectivity index is 1.71. The third kappa shape index (κ3) is 4.80. The number of halogens is 1. The molecule has 4 amide bonds. The van der Waals surface area contributed by atoms with Gasteiger partial charge in [-0.3, -0.25) is 24.1 Å². The molecule has 31 heavy (non-hydrogen) atoms. The fraction of sp³-hybridized carbons (Fsp3) is 0.455. The molecule has 2 aromatic rings. The van der Waals surface area contributed by atoms with Crippen LogP contribution in [0, 0.1) is 19.8 Å². The van der Waals surface area contributed by atoms with Crippen molar-refractivity contribution in [2.45, 2.75) is 40.8 Å². The number of urea groups is 1. The van der Waals surface area contributed by atoms with Crippen LogP contribution in [0.1, 0.15) is 36.4 Å². The number of hydrogen-bond donors (Lipinski definition) is 0. The van der Waals surface area contributed by atoms with Crippen LogP contribution < -0.4 is 0 Å². The van der Waals surface area contributed by atoms with E-state index in [4.69, 9.17) is 11.6 Å². The molecular weight excluding hydrogens is 418 g/mol. The number of amides is 4. The van der Waals surface area contributed by atoms with Gasteiger partial charge in [-0.1, -0.05) is 43.6 Å². The minimum absolute atomic E-state index is 0.0343. The molecule has 0 N–H and O–H groups in total. The molecule has 1 aliphatic rings. The number of aromatic nitrogens is 2. The molecular formula is C22H28ClN5O3. The molecule has 0 aliphatic carbocycles. The third-order valence-corrected chi connectivity index (χ3v) is 5.67. The first-order valence-electron chi connectivity index (χ1n) is 10.2. The van der Waals surface area contributed by atoms with Crippen molar-refractivity contribution in [3.63, 3.8) is 0 Å². The monoisotopic (exact) mass is 445 g/mol. The summed E-state index contributed by atoms with van der Waals surface area (Å²) in [4.78, 5) is 41.0. The molecule has 8 nitrogen and oxygen atoms in total. The van der Waals surface area contributed by atoms with E-state index in [1.165, 1.54) is 0 Å². The molecule has 1 fully saturated rings. The highest BCUT2D eigenvalue weighted by molar-refractivity contribution is 6.44. The molecule has 1 saturated heterocycles. The molecule has 1 aliphatic heterocycles. The van der Waals surface area contributed by atoms with E-state index < -0.39 is 17.8 Å². The number of carbonyl (C=O) groups excluding carboxylic acids is 3. The quantitative estimate of drug-likeness (QED) is 0.461. The zero-order valence-electron chi connectivity index (χ0n) is 18.6. The second kappa shape index (κ2) is 9.20. The summed E-state index contributed by atoms with van der Waals surface area (Å²) in [7, 11) is 1.81. The summed E-state index contributed by atoms with van der Waals surface area (Å²) < 4.78 is 1.90. The predicted octanol–water partition coefficient (Wildman–Crippen LogP) is 3.04. The van der Waals surface area contributed by atoms with Crippen LogP contribution in [0.25, 0.3) is 0 Å². The van der Waals surface area contributed by atoms with Crippen LogP contribution in [-0.4, -0.2) is 62.6 Å². The Kier molecular flexibility index (Phi) is 6.81. The topological polar surface area (TPSA) is 78.8 Å². The summed E-state index contributed by atoms with van der Waals surface area (Å²) in [5.41, 5.74) is 3.85. The van der Waals surface area contributed by atoms with Crippen molar-refractivity contribution in [3.8, 4) is 0 Å². The maximum absolute atomic E-state index is 12.6. The summed E-state index contributed by atoms with van der Waals surface area (Å²) in [5, 5.41) is 5.33. The van der Waals surface area contributed by atoms with Crippen molar-refractivity contribution in [1.82, 2.24) is 24.5 Å². The van der Waals surface area contributed by atoms with Crippen LogP contribution in [0.2, 0.25) is 5.02 Å². The van der Waals surface area contributed by atoms with E-state index >= 15 is 0 Å². The van der Waals surface area contributed by atoms with Gasteiger partial charge < -0.3 is 0 Å². The standard InChI is InChI=1S/C22H28ClN5O3/c1-14(2)10-26-20(29)21(30)27(22(26)31)13-25(5)12-18-15(3)24-28(16(18)4)11-17-8-6-7-9-19(17)23/h6-9,14H,10-13H2,1-5H3. The van der Waals surface area contributed by atoms with Gasteiger partial charge in [0, 0.05) is 29.4 Å². The van der Waals surface area contributed by atoms with Crippen molar-refractivity contribution in [1.29, 1.82) is 0 Å². The van der Waals surface area contributed by atoms with Crippen molar-refractivity contribution >= 4 is 29.4 Å². The molecule has 9 heteroatoms. The second-order valence-electron chi connectivity index (χ2n) is 8.38. The minimum Gasteiger partial charge on any atom is -0.284 e. The van der Waals surface area contributed by atoms with Crippen molar-refractivity contribution < 1.29 is 14.4 Å². The highest BCUT2D eigenvalue weighted by Crippen LogP contribution is 2.21. The van der Waals surface area contributed by atoms with Gasteiger partial charge in [-0.15, -0.1) is 0 Å². The van der Waals surface area contributed by atoms with Gasteiger partial charge in [0.25, 0.3) is 0 Å². The lowest BCUT2D eigenvalue weighted by Gasteiger charge is -2.23. The van der Waals surface area contributed by atoms with Gasteiger partial charge in [-0.2, -0.15) is 5.10 Å². The average Bonchev–Trinajstić information content (AvgIpc) is 3.07. The lowest BCUT2D eigenvalue weighted by atomic mass is 10.2. The predicted molar refractivity (Wildman–Crippen MR) is 117 cm³/mol. The average molecular weight is 446 g/mol. The Morgan fingerprint density at radius 1 is 1.06 bits per heavy atom. The van der Waals surface area contributed by atoms with Crippen molar-refractivity contribution in [2.24, 2.45) is 5.92 Å². The van der Waals surface area contributed by atoms with Crippen LogP contribution in [0.4, 0.5) is 4.79 Å². The Morgan fingerprint density at radius 3 is 2.35 bits per heavy atom. The highest BCUT2D eigenvalue weighted by atomic mass is 35.5. The normalized spacial score (nSPS) is 14.6. The van der Waals surface area contributed by atoms with Gasteiger partial charge in [0.1, 0.15) is 0 Å². The molecule has 2 heterocycles. The molecule has 0 bridgehead atoms. The smallest absolute Gasteiger partial charge is 0.284 e. The second-order valence-corrected chi connectivity index (χ2v) is 8.79. The van der Waals surface area contributed by atoms with E-state index in [1.54, 1.807) is 7.05 Å². The summed E-state index contributed by atoms with van der Waals surface area (Å²) in [6.07, 6.45) is 0. The van der Waals surface area contributed by atoms with E-state index in [0.717, 1.165) is 32.3 Å². The van der Waals surface area contributed by atoms with Crippen LogP contribution in [-0.2, 0) is 22.7 Å². The fourth-order valence-corrected chi connectivity index (χ4v) is 3.86. The molecule has 166 valence electrons. The van der Waals surface area contributed by atoms with Crippen LogP contribution in [0.5, 0.6) is 0 Å². The molecule has 0 saturated carbocycles. The summed E-state index contributed by atoms with van der Waals surface area (Å²) in [6, 6.07) is 7.09. The number of imide groups is 2. The number of benzene rings is 1. The fourth-order valence-electron chi connectivity index (χ4n) is 3.67. The Morgan fingerprint density at radius 2 is 1.71 bits per heavy atom. The lowest BCUT2D eigenvalue weighted by Crippen LogP contribution is -2.41. The Bertz CT molecular complexity index is 1020. The van der Waals surface area contributed by atoms with Crippen molar-refractivity contribution in [2.75, 3.05) is 20.3 Å². The van der Waals surface area contributed by atoms with Crippen LogP contribution >= 0.6 is 11.6 Å². The highest BCUT2D eigenvalue weighted by Gasteiger charge is 2.44. The van der Waals surface area contributed by atoms with Crippen molar-refractivity contribution in [3.05, 3.63) is 51.8 Å². The largest absolute Gasteiger partial charge is 0.335 e. The zero-order valence-corrected chi connectivity index (χ0v) is 19.3. The van der Waals surface area contributed by atoms with Gasteiger partial charge in [-0.25, -0.2) is 9.69 Å². The van der Waals surface area contributed by atoms with Gasteiger partial charge in [0.05, 0.1) is 18.9 Å². The van der Waals surface area contributed by atoms with Gasteiger partial charge in [-0.05, 0) is 38.4 Å². The van der Waals surface area contributed by atoms with E-state index in [0.29, 0.717) is 18.1 Å². The lowest BCUT2D eigenvalue weighted by molar-refractivity contribution is -0.144. The van der Waals surface area contributed by atoms with Crippen LogP contribution in [0.3, 0.4) is 0 Å². The first-order valence-corrected chi connectivity index (χ1v) is 10.6. The van der Waals surface area contributed by atoms with Gasteiger partial charge in [0.15, 0.2) is 0 Å². The minimum atomic E-state index is -0.777. The Hall–Kier alpha value is -2.71. The van der Waals surface area contributed by atoms with E-state index in [9.17, 15) is 14.4 Å².